The molecule has 1 saturated carbocycles. The first-order valence-electron chi connectivity index (χ1n) is 7.54. The molecule has 0 unspecified atom stereocenters. The highest BCUT2D eigenvalue weighted by molar-refractivity contribution is 5.81. The van der Waals surface area contributed by atoms with Crippen molar-refractivity contribution in [2.24, 2.45) is 5.92 Å². The first kappa shape index (κ1) is 18.0. The number of benzene rings is 1. The van der Waals surface area contributed by atoms with Gasteiger partial charge in [0.1, 0.15) is 0 Å². The largest absolute Gasteiger partial charge is 0.493 e. The summed E-state index contributed by atoms with van der Waals surface area (Å²) in [6, 6.07) is 4.35. The van der Waals surface area contributed by atoms with Gasteiger partial charge in [0.2, 0.25) is 0 Å². The zero-order chi connectivity index (χ0) is 17.5. The molecule has 1 aromatic carbocycles. The lowest BCUT2D eigenvalue weighted by Crippen LogP contribution is -2.31. The number of hydrogen-bond acceptors (Lipinski definition) is 5. The summed E-state index contributed by atoms with van der Waals surface area (Å²) >= 11 is 0. The molecule has 0 bridgehead atoms. The summed E-state index contributed by atoms with van der Waals surface area (Å²) in [6.45, 7) is -3.14. The maximum atomic E-state index is 12.3. The molecule has 0 aliphatic heterocycles. The number of esters is 1. The Kier molecular flexibility index (Phi) is 6.34. The average Bonchev–Trinajstić information content (AvgIpc) is 2.49. The van der Waals surface area contributed by atoms with Crippen LogP contribution in [0.1, 0.15) is 24.8 Å². The average molecular weight is 343 g/mol. The molecule has 132 valence electrons. The van der Waals surface area contributed by atoms with Crippen molar-refractivity contribution >= 4 is 11.9 Å². The van der Waals surface area contributed by atoms with E-state index in [-0.39, 0.29) is 36.5 Å². The summed E-state index contributed by atoms with van der Waals surface area (Å²) < 4.78 is 38.7. The van der Waals surface area contributed by atoms with Gasteiger partial charge in [0, 0.05) is 6.54 Å². The highest BCUT2D eigenvalue weighted by Gasteiger charge is 2.27. The normalized spacial score (nSPS) is 14.0. The van der Waals surface area contributed by atoms with Crippen molar-refractivity contribution < 1.29 is 32.6 Å². The standard InChI is InChI=1S/C16H19F2NO5/c1-22-13-7-10(5-6-12(13)24-16(17)18)8-19-14(20)9-23-15(21)11-3-2-4-11/h5-7,11,16H,2-4,8-9H2,1H3,(H,19,20). The maximum Gasteiger partial charge on any atom is 0.387 e. The monoisotopic (exact) mass is 343 g/mol. The lowest BCUT2D eigenvalue weighted by Gasteiger charge is -2.22. The van der Waals surface area contributed by atoms with Gasteiger partial charge in [-0.05, 0) is 30.5 Å². The van der Waals surface area contributed by atoms with Gasteiger partial charge in [-0.1, -0.05) is 12.5 Å². The van der Waals surface area contributed by atoms with Crippen LogP contribution in [0.3, 0.4) is 0 Å². The fourth-order valence-corrected chi connectivity index (χ4v) is 2.17. The summed E-state index contributed by atoms with van der Waals surface area (Å²) in [4.78, 5) is 23.2. The number of alkyl halides is 2. The van der Waals surface area contributed by atoms with Gasteiger partial charge in [0.25, 0.3) is 5.91 Å². The number of methoxy groups -OCH3 is 1. The molecule has 0 heterocycles. The number of ether oxygens (including phenoxy) is 3. The molecule has 1 aliphatic carbocycles. The summed E-state index contributed by atoms with van der Waals surface area (Å²) in [5.74, 6) is -0.805. The van der Waals surface area contributed by atoms with Gasteiger partial charge in [0.05, 0.1) is 13.0 Å². The lowest BCUT2D eigenvalue weighted by molar-refractivity contribution is -0.155. The Hall–Kier alpha value is -2.38. The highest BCUT2D eigenvalue weighted by Crippen LogP contribution is 2.29. The third kappa shape index (κ3) is 5.07. The third-order valence-electron chi connectivity index (χ3n) is 3.72. The van der Waals surface area contributed by atoms with Gasteiger partial charge < -0.3 is 19.5 Å². The van der Waals surface area contributed by atoms with E-state index >= 15 is 0 Å². The molecule has 8 heteroatoms. The van der Waals surface area contributed by atoms with Crippen LogP contribution in [-0.2, 0) is 20.9 Å². The Morgan fingerprint density at radius 3 is 2.62 bits per heavy atom. The zero-order valence-electron chi connectivity index (χ0n) is 13.2. The van der Waals surface area contributed by atoms with E-state index in [2.05, 4.69) is 10.1 Å². The van der Waals surface area contributed by atoms with E-state index < -0.39 is 12.5 Å². The predicted molar refractivity (Wildman–Crippen MR) is 79.8 cm³/mol. The van der Waals surface area contributed by atoms with Gasteiger partial charge in [-0.15, -0.1) is 0 Å². The Morgan fingerprint density at radius 2 is 2.04 bits per heavy atom. The van der Waals surface area contributed by atoms with Crippen molar-refractivity contribution in [2.45, 2.75) is 32.4 Å². The van der Waals surface area contributed by atoms with Gasteiger partial charge in [-0.3, -0.25) is 9.59 Å². The number of hydrogen-bond donors (Lipinski definition) is 1. The van der Waals surface area contributed by atoms with Crippen LogP contribution in [0.2, 0.25) is 0 Å². The Morgan fingerprint density at radius 1 is 1.29 bits per heavy atom. The van der Waals surface area contributed by atoms with Crippen LogP contribution in [-0.4, -0.2) is 32.2 Å². The zero-order valence-corrected chi connectivity index (χ0v) is 13.2. The van der Waals surface area contributed by atoms with Crippen LogP contribution in [0.15, 0.2) is 18.2 Å². The van der Waals surface area contributed by atoms with Gasteiger partial charge in [0.15, 0.2) is 18.1 Å². The molecule has 0 radical (unpaired) electrons. The van der Waals surface area contributed by atoms with E-state index in [1.165, 1.54) is 25.3 Å². The fraction of sp³-hybridized carbons (Fsp3) is 0.500. The molecule has 0 spiro atoms. The molecule has 24 heavy (non-hydrogen) atoms. The first-order chi connectivity index (χ1) is 11.5. The number of carbonyl (C=O) groups is 2. The van der Waals surface area contributed by atoms with Crippen molar-refractivity contribution in [2.75, 3.05) is 13.7 Å². The molecule has 2 rings (SSSR count). The second-order valence-electron chi connectivity index (χ2n) is 5.38. The smallest absolute Gasteiger partial charge is 0.387 e. The van der Waals surface area contributed by atoms with Crippen molar-refractivity contribution in [1.29, 1.82) is 0 Å². The number of amides is 1. The number of rotatable bonds is 8. The van der Waals surface area contributed by atoms with Crippen molar-refractivity contribution in [3.63, 3.8) is 0 Å². The molecule has 0 atom stereocenters. The second kappa shape index (κ2) is 8.47. The van der Waals surface area contributed by atoms with E-state index in [1.807, 2.05) is 0 Å². The molecule has 1 amide bonds. The number of halogens is 2. The summed E-state index contributed by atoms with van der Waals surface area (Å²) in [7, 11) is 1.33. The van der Waals surface area contributed by atoms with E-state index in [4.69, 9.17) is 9.47 Å². The second-order valence-corrected chi connectivity index (χ2v) is 5.38. The van der Waals surface area contributed by atoms with E-state index in [1.54, 1.807) is 0 Å². The van der Waals surface area contributed by atoms with Crippen LogP contribution >= 0.6 is 0 Å². The summed E-state index contributed by atoms with van der Waals surface area (Å²) in [6.07, 6.45) is 2.64. The Balaban J connectivity index is 1.80. The van der Waals surface area contributed by atoms with E-state index in [9.17, 15) is 18.4 Å². The minimum absolute atomic E-state index is 0.0792. The van der Waals surface area contributed by atoms with Crippen molar-refractivity contribution in [1.82, 2.24) is 5.32 Å². The molecule has 1 aromatic rings. The van der Waals surface area contributed by atoms with Gasteiger partial charge >= 0.3 is 12.6 Å². The minimum Gasteiger partial charge on any atom is -0.493 e. The van der Waals surface area contributed by atoms with Crippen LogP contribution in [0.5, 0.6) is 11.5 Å². The van der Waals surface area contributed by atoms with Crippen LogP contribution in [0, 0.1) is 5.92 Å². The fourth-order valence-electron chi connectivity index (χ4n) is 2.17. The molecular weight excluding hydrogens is 324 g/mol. The topological polar surface area (TPSA) is 73.9 Å². The molecular formula is C16H19F2NO5. The third-order valence-corrected chi connectivity index (χ3v) is 3.72. The summed E-state index contributed by atoms with van der Waals surface area (Å²) in [5, 5.41) is 2.58. The molecule has 1 N–H and O–H groups in total. The summed E-state index contributed by atoms with van der Waals surface area (Å²) in [5.41, 5.74) is 0.632. The van der Waals surface area contributed by atoms with Crippen LogP contribution < -0.4 is 14.8 Å². The van der Waals surface area contributed by atoms with Crippen molar-refractivity contribution in [3.05, 3.63) is 23.8 Å². The Labute approximate surface area is 138 Å². The molecule has 1 fully saturated rings. The molecule has 1 aliphatic rings. The quantitative estimate of drug-likeness (QED) is 0.733. The SMILES string of the molecule is COc1cc(CNC(=O)COC(=O)C2CCC2)ccc1OC(F)F. The van der Waals surface area contributed by atoms with Crippen molar-refractivity contribution in [3.8, 4) is 11.5 Å². The highest BCUT2D eigenvalue weighted by atomic mass is 19.3. The molecule has 6 nitrogen and oxygen atoms in total. The van der Waals surface area contributed by atoms with E-state index in [0.717, 1.165) is 19.3 Å². The number of carbonyl (C=O) groups excluding carboxylic acids is 2. The lowest BCUT2D eigenvalue weighted by atomic mass is 9.86. The van der Waals surface area contributed by atoms with Crippen LogP contribution in [0.4, 0.5) is 8.78 Å². The molecule has 0 aromatic heterocycles. The van der Waals surface area contributed by atoms with Gasteiger partial charge in [-0.25, -0.2) is 0 Å². The first-order valence-corrected chi connectivity index (χ1v) is 7.54. The van der Waals surface area contributed by atoms with E-state index in [0.29, 0.717) is 5.56 Å². The minimum atomic E-state index is -2.95. The predicted octanol–water partition coefficient (Wildman–Crippen LogP) is 2.26. The Bertz CT molecular complexity index is 590. The molecule has 0 saturated heterocycles. The number of nitrogens with one attached hydrogen (secondary N) is 1. The maximum absolute atomic E-state index is 12.3. The van der Waals surface area contributed by atoms with Crippen LogP contribution in [0.25, 0.3) is 0 Å². The van der Waals surface area contributed by atoms with Gasteiger partial charge in [-0.2, -0.15) is 8.78 Å².